The number of halogens is 3. The number of anilines is 1. The molecule has 2 heterocycles. The maximum Gasteiger partial charge on any atom is 0.471 e. The number of hydrogen-bond acceptors (Lipinski definition) is 6. The van der Waals surface area contributed by atoms with Gasteiger partial charge in [0.25, 0.3) is 0 Å². The van der Waals surface area contributed by atoms with Crippen LogP contribution in [0, 0.1) is 11.8 Å². The van der Waals surface area contributed by atoms with Crippen molar-refractivity contribution in [3.8, 4) is 0 Å². The van der Waals surface area contributed by atoms with Crippen molar-refractivity contribution >= 4 is 40.9 Å². The Labute approximate surface area is 241 Å². The number of alkyl halides is 3. The Bertz CT molecular complexity index is 1530. The average molecular weight is 582 g/mol. The van der Waals surface area contributed by atoms with Gasteiger partial charge in [0.05, 0.1) is 23.4 Å². The van der Waals surface area contributed by atoms with Crippen LogP contribution in [-0.2, 0) is 11.2 Å². The van der Waals surface area contributed by atoms with Crippen molar-refractivity contribution in [3.05, 3.63) is 66.4 Å². The van der Waals surface area contributed by atoms with Crippen molar-refractivity contribution in [2.75, 3.05) is 18.5 Å². The van der Waals surface area contributed by atoms with Gasteiger partial charge in [-0.1, -0.05) is 18.7 Å². The summed E-state index contributed by atoms with van der Waals surface area (Å²) in [6.07, 6.45) is -0.293. The number of aliphatic imine (C=N–C) groups is 2. The standard InChI is InChI=1S/C31H34F3N5O3/c1-4-23(35-2)22-13-14-38(29(22)36-3)25-16-21(27(40)28(25)41)10-8-18-7-9-20-11-12-26(37-24(20)15-18)39(17-19-5-6-19)30(42)31(32,33)34/h4,7,9,11-15,19,21,25,27-28,40-41H,1,3,5-6,8,10,16-17H2,2H3/t21-,25+,27+,28-/m0/s1. The lowest BCUT2D eigenvalue weighted by Gasteiger charge is -2.23. The molecule has 3 aromatic rings. The molecular formula is C31H34F3N5O3. The van der Waals surface area contributed by atoms with Crippen LogP contribution in [0.25, 0.3) is 10.9 Å². The highest BCUT2D eigenvalue weighted by molar-refractivity contribution is 6.11. The number of carbonyl (C=O) groups is 1. The summed E-state index contributed by atoms with van der Waals surface area (Å²) in [6.45, 7) is 7.46. The maximum absolute atomic E-state index is 13.3. The number of nitrogens with zero attached hydrogens (tertiary/aromatic N) is 5. The van der Waals surface area contributed by atoms with E-state index < -0.39 is 30.3 Å². The molecule has 11 heteroatoms. The Kier molecular flexibility index (Phi) is 8.34. The fourth-order valence-electron chi connectivity index (χ4n) is 5.86. The predicted molar refractivity (Wildman–Crippen MR) is 157 cm³/mol. The number of amides is 1. The summed E-state index contributed by atoms with van der Waals surface area (Å²) in [4.78, 5) is 25.7. The summed E-state index contributed by atoms with van der Waals surface area (Å²) in [5, 5.41) is 22.6. The third-order valence-corrected chi connectivity index (χ3v) is 8.32. The highest BCUT2D eigenvalue weighted by Crippen LogP contribution is 2.41. The summed E-state index contributed by atoms with van der Waals surface area (Å²) >= 11 is 0. The first kappa shape index (κ1) is 29.7. The molecule has 2 N–H and O–H groups in total. The number of aliphatic hydroxyl groups excluding tert-OH is 2. The highest BCUT2D eigenvalue weighted by Gasteiger charge is 2.45. The topological polar surface area (TPSA) is 103 Å². The van der Waals surface area contributed by atoms with E-state index in [1.807, 2.05) is 22.8 Å². The van der Waals surface area contributed by atoms with Crippen LogP contribution in [0.15, 0.2) is 65.2 Å². The molecule has 2 saturated carbocycles. The molecule has 0 saturated heterocycles. The molecule has 1 aromatic carbocycles. The number of allylic oxidation sites excluding steroid dienone is 1. The largest absolute Gasteiger partial charge is 0.471 e. The second-order valence-corrected chi connectivity index (χ2v) is 11.1. The molecular weight excluding hydrogens is 547 g/mol. The van der Waals surface area contributed by atoms with Crippen LogP contribution in [0.1, 0.15) is 42.9 Å². The van der Waals surface area contributed by atoms with Crippen LogP contribution in [-0.4, -0.2) is 70.1 Å². The summed E-state index contributed by atoms with van der Waals surface area (Å²) in [7, 11) is 1.65. The molecule has 5 rings (SSSR count). The van der Waals surface area contributed by atoms with E-state index in [0.717, 1.165) is 34.3 Å². The fourth-order valence-corrected chi connectivity index (χ4v) is 5.86. The monoisotopic (exact) mass is 581 g/mol. The van der Waals surface area contributed by atoms with Gasteiger partial charge in [0.2, 0.25) is 0 Å². The van der Waals surface area contributed by atoms with Gasteiger partial charge in [0, 0.05) is 30.7 Å². The number of aryl methyl sites for hydroxylation is 1. The lowest BCUT2D eigenvalue weighted by molar-refractivity contribution is -0.170. The van der Waals surface area contributed by atoms with E-state index in [4.69, 9.17) is 0 Å². The van der Waals surface area contributed by atoms with Gasteiger partial charge in [-0.05, 0) is 86.6 Å². The van der Waals surface area contributed by atoms with Gasteiger partial charge in [-0.2, -0.15) is 13.2 Å². The minimum absolute atomic E-state index is 0.00821. The minimum atomic E-state index is -4.99. The number of carbonyl (C=O) groups excluding carboxylic acids is 1. The van der Waals surface area contributed by atoms with Gasteiger partial charge in [0.15, 0.2) is 0 Å². The van der Waals surface area contributed by atoms with E-state index in [1.165, 1.54) is 6.07 Å². The number of benzene rings is 1. The van der Waals surface area contributed by atoms with Gasteiger partial charge in [-0.15, -0.1) is 0 Å². The van der Waals surface area contributed by atoms with Crippen molar-refractivity contribution < 1.29 is 28.2 Å². The van der Waals surface area contributed by atoms with E-state index in [1.54, 1.807) is 31.5 Å². The van der Waals surface area contributed by atoms with Crippen molar-refractivity contribution in [2.24, 2.45) is 21.8 Å². The average Bonchev–Trinajstić information content (AvgIpc) is 3.64. The van der Waals surface area contributed by atoms with Crippen LogP contribution in [0.2, 0.25) is 0 Å². The molecule has 2 aromatic heterocycles. The number of aromatic nitrogens is 2. The first-order chi connectivity index (χ1) is 20.0. The maximum atomic E-state index is 13.3. The summed E-state index contributed by atoms with van der Waals surface area (Å²) in [5.74, 6) is -1.54. The Balaban J connectivity index is 1.32. The van der Waals surface area contributed by atoms with E-state index in [-0.39, 0.29) is 24.2 Å². The third kappa shape index (κ3) is 5.89. The lowest BCUT2D eigenvalue weighted by Crippen LogP contribution is -2.42. The molecule has 2 aliphatic rings. The fraction of sp³-hybridized carbons (Fsp3) is 0.419. The number of rotatable bonds is 10. The van der Waals surface area contributed by atoms with Gasteiger partial charge < -0.3 is 14.8 Å². The molecule has 2 aliphatic carbocycles. The zero-order valence-electron chi connectivity index (χ0n) is 23.3. The molecule has 0 spiro atoms. The zero-order valence-corrected chi connectivity index (χ0v) is 23.3. The second kappa shape index (κ2) is 11.8. The minimum Gasteiger partial charge on any atom is -0.390 e. The molecule has 0 bridgehead atoms. The van der Waals surface area contributed by atoms with Crippen molar-refractivity contribution in [3.63, 3.8) is 0 Å². The van der Waals surface area contributed by atoms with Crippen LogP contribution in [0.4, 0.5) is 24.8 Å². The van der Waals surface area contributed by atoms with E-state index >= 15 is 0 Å². The smallest absolute Gasteiger partial charge is 0.390 e. The van der Waals surface area contributed by atoms with E-state index in [9.17, 15) is 28.2 Å². The van der Waals surface area contributed by atoms with Gasteiger partial charge in [-0.25, -0.2) is 9.98 Å². The van der Waals surface area contributed by atoms with Gasteiger partial charge >= 0.3 is 12.1 Å². The number of aliphatic hydroxyl groups is 2. The van der Waals surface area contributed by atoms with Crippen LogP contribution >= 0.6 is 0 Å². The van der Waals surface area contributed by atoms with Crippen molar-refractivity contribution in [2.45, 2.75) is 56.5 Å². The summed E-state index contributed by atoms with van der Waals surface area (Å²) < 4.78 is 41.8. The summed E-state index contributed by atoms with van der Waals surface area (Å²) in [6, 6.07) is 10.1. The van der Waals surface area contributed by atoms with E-state index in [2.05, 4.69) is 28.3 Å². The van der Waals surface area contributed by atoms with Crippen LogP contribution in [0.3, 0.4) is 0 Å². The molecule has 222 valence electrons. The first-order valence-corrected chi connectivity index (χ1v) is 14.0. The zero-order chi connectivity index (χ0) is 30.2. The molecule has 4 atom stereocenters. The molecule has 8 nitrogen and oxygen atoms in total. The highest BCUT2D eigenvalue weighted by atomic mass is 19.4. The van der Waals surface area contributed by atoms with Crippen LogP contribution in [0.5, 0.6) is 0 Å². The molecule has 0 radical (unpaired) electrons. The van der Waals surface area contributed by atoms with Gasteiger partial charge in [0.1, 0.15) is 17.7 Å². The van der Waals surface area contributed by atoms with Crippen molar-refractivity contribution in [1.82, 2.24) is 9.55 Å². The Morgan fingerprint density at radius 2 is 1.93 bits per heavy atom. The number of hydrogen-bond donors (Lipinski definition) is 2. The predicted octanol–water partition coefficient (Wildman–Crippen LogP) is 5.19. The molecule has 1 amide bonds. The quantitative estimate of drug-likeness (QED) is 0.322. The van der Waals surface area contributed by atoms with Crippen LogP contribution < -0.4 is 4.90 Å². The van der Waals surface area contributed by atoms with Crippen molar-refractivity contribution in [1.29, 1.82) is 0 Å². The SMILES string of the molecule is C=CC(=NC)c1ccn([C@@H]2C[C@H](CCc3ccc4ccc(N(CC5CC5)C(=O)C(F)(F)F)nc4c3)[C@@H](O)[C@H]2O)c1N=C. The normalized spacial score (nSPS) is 22.9. The lowest BCUT2D eigenvalue weighted by atomic mass is 9.95. The van der Waals surface area contributed by atoms with E-state index in [0.29, 0.717) is 36.3 Å². The molecule has 0 aliphatic heterocycles. The first-order valence-electron chi connectivity index (χ1n) is 14.0. The molecule has 42 heavy (non-hydrogen) atoms. The van der Waals surface area contributed by atoms with Gasteiger partial charge in [-0.3, -0.25) is 14.7 Å². The number of pyridine rings is 1. The molecule has 2 fully saturated rings. The second-order valence-electron chi connectivity index (χ2n) is 11.1. The Hall–Kier alpha value is -3.83. The third-order valence-electron chi connectivity index (χ3n) is 8.32. The molecule has 0 unspecified atom stereocenters. The Morgan fingerprint density at radius 1 is 1.19 bits per heavy atom. The number of fused-ring (bicyclic) bond motifs is 1. The summed E-state index contributed by atoms with van der Waals surface area (Å²) in [5.41, 5.74) is 2.76. The Morgan fingerprint density at radius 3 is 2.57 bits per heavy atom.